The first-order valence-electron chi connectivity index (χ1n) is 9.80. The molecule has 0 spiro atoms. The Kier molecular flexibility index (Phi) is 6.80. The average molecular weight is 507 g/mol. The molecule has 0 saturated carbocycles. The normalized spacial score (nSPS) is 12.9. The van der Waals surface area contributed by atoms with E-state index < -0.39 is 5.97 Å². The quantitative estimate of drug-likeness (QED) is 0.459. The minimum absolute atomic E-state index is 0.0415. The molecule has 0 bridgehead atoms. The van der Waals surface area contributed by atoms with Crippen LogP contribution >= 0.6 is 27.5 Å². The number of carboxylic acids is 1. The number of hydrogen-bond acceptors (Lipinski definition) is 5. The Bertz CT molecular complexity index is 1070. The van der Waals surface area contributed by atoms with E-state index in [-0.39, 0.29) is 6.42 Å². The second-order valence-electron chi connectivity index (χ2n) is 7.23. The number of aliphatic carboxylic acids is 1. The Morgan fingerprint density at radius 3 is 2.74 bits per heavy atom. The predicted molar refractivity (Wildman–Crippen MR) is 121 cm³/mol. The van der Waals surface area contributed by atoms with Gasteiger partial charge in [-0.2, -0.15) is 5.10 Å². The summed E-state index contributed by atoms with van der Waals surface area (Å²) in [4.78, 5) is 13.3. The molecule has 2 heterocycles. The minimum atomic E-state index is -0.835. The summed E-state index contributed by atoms with van der Waals surface area (Å²) in [5.74, 6) is 0.560. The summed E-state index contributed by atoms with van der Waals surface area (Å²) in [6.07, 6.45) is 1.82. The summed E-state index contributed by atoms with van der Waals surface area (Å²) in [7, 11) is 0. The van der Waals surface area contributed by atoms with Crippen molar-refractivity contribution in [1.82, 2.24) is 15.1 Å². The summed E-state index contributed by atoms with van der Waals surface area (Å²) < 4.78 is 12.2. The van der Waals surface area contributed by atoms with Gasteiger partial charge in [0, 0.05) is 30.2 Å². The van der Waals surface area contributed by atoms with Crippen LogP contribution in [0.15, 0.2) is 47.1 Å². The maximum absolute atomic E-state index is 11.2. The van der Waals surface area contributed by atoms with Crippen molar-refractivity contribution >= 4 is 33.5 Å². The van der Waals surface area contributed by atoms with Gasteiger partial charge in [0.2, 0.25) is 0 Å². The van der Waals surface area contributed by atoms with Crippen LogP contribution in [0.3, 0.4) is 0 Å². The third kappa shape index (κ3) is 5.39. The second-order valence-corrected chi connectivity index (χ2v) is 8.52. The van der Waals surface area contributed by atoms with Gasteiger partial charge in [0.25, 0.3) is 0 Å². The predicted octanol–water partition coefficient (Wildman–Crippen LogP) is 4.74. The zero-order valence-electron chi connectivity index (χ0n) is 16.6. The number of benzene rings is 2. The molecule has 4 rings (SSSR count). The van der Waals surface area contributed by atoms with Crippen LogP contribution in [0.2, 0.25) is 5.02 Å². The number of halogens is 2. The van der Waals surface area contributed by atoms with E-state index in [4.69, 9.17) is 21.1 Å². The fourth-order valence-electron chi connectivity index (χ4n) is 3.52. The number of carboxylic acid groups (broad SMARTS) is 1. The first-order valence-corrected chi connectivity index (χ1v) is 11.0. The van der Waals surface area contributed by atoms with Gasteiger partial charge in [0.15, 0.2) is 11.5 Å². The van der Waals surface area contributed by atoms with Crippen LogP contribution in [0.5, 0.6) is 11.5 Å². The molecule has 0 atom stereocenters. The van der Waals surface area contributed by atoms with Crippen molar-refractivity contribution in [2.75, 3.05) is 19.8 Å². The van der Waals surface area contributed by atoms with Crippen LogP contribution in [-0.2, 0) is 17.9 Å². The van der Waals surface area contributed by atoms with E-state index in [1.807, 2.05) is 36.4 Å². The van der Waals surface area contributed by atoms with E-state index in [0.29, 0.717) is 49.4 Å². The molecule has 9 heteroatoms. The standard InChI is InChI=1S/C22H21BrClN3O4/c23-18-9-14(10-19-22(18)31-8-7-30-19)12-27(6-5-20(28)29)13-16-11-25-26-21(16)15-1-3-17(24)4-2-15/h1-4,9-11H,5-8,12-13H2,(H,25,26)(H,28,29). The molecular formula is C22H21BrClN3O4. The summed E-state index contributed by atoms with van der Waals surface area (Å²) >= 11 is 9.56. The maximum Gasteiger partial charge on any atom is 0.304 e. The van der Waals surface area contributed by atoms with Crippen molar-refractivity contribution in [3.63, 3.8) is 0 Å². The first-order chi connectivity index (χ1) is 15.0. The Morgan fingerprint density at radius 1 is 1.19 bits per heavy atom. The molecule has 0 radical (unpaired) electrons. The fourth-order valence-corrected chi connectivity index (χ4v) is 4.25. The average Bonchev–Trinajstić information content (AvgIpc) is 3.21. The number of rotatable bonds is 8. The van der Waals surface area contributed by atoms with Crippen molar-refractivity contribution in [2.45, 2.75) is 19.5 Å². The lowest BCUT2D eigenvalue weighted by Crippen LogP contribution is -2.26. The Hall–Kier alpha value is -2.55. The zero-order valence-corrected chi connectivity index (χ0v) is 18.9. The van der Waals surface area contributed by atoms with Crippen molar-refractivity contribution in [3.05, 3.63) is 63.2 Å². The maximum atomic E-state index is 11.2. The number of nitrogens with one attached hydrogen (secondary N) is 1. The third-order valence-corrected chi connectivity index (χ3v) is 5.79. The van der Waals surface area contributed by atoms with Gasteiger partial charge in [-0.1, -0.05) is 23.7 Å². The fraction of sp³-hybridized carbons (Fsp3) is 0.273. The van der Waals surface area contributed by atoms with Crippen molar-refractivity contribution in [2.24, 2.45) is 0 Å². The number of aromatic nitrogens is 2. The van der Waals surface area contributed by atoms with Gasteiger partial charge in [-0.15, -0.1) is 0 Å². The van der Waals surface area contributed by atoms with E-state index in [1.165, 1.54) is 0 Å². The molecule has 162 valence electrons. The highest BCUT2D eigenvalue weighted by molar-refractivity contribution is 9.10. The van der Waals surface area contributed by atoms with Crippen LogP contribution in [0.1, 0.15) is 17.5 Å². The second kappa shape index (κ2) is 9.72. The highest BCUT2D eigenvalue weighted by Crippen LogP contribution is 2.39. The lowest BCUT2D eigenvalue weighted by molar-refractivity contribution is -0.137. The molecule has 1 aromatic heterocycles. The number of H-pyrrole nitrogens is 1. The van der Waals surface area contributed by atoms with Gasteiger partial charge < -0.3 is 14.6 Å². The Balaban J connectivity index is 1.57. The van der Waals surface area contributed by atoms with Gasteiger partial charge >= 0.3 is 5.97 Å². The summed E-state index contributed by atoms with van der Waals surface area (Å²) in [6.45, 7) is 2.50. The molecule has 2 N–H and O–H groups in total. The summed E-state index contributed by atoms with van der Waals surface area (Å²) in [6, 6.07) is 11.4. The highest BCUT2D eigenvalue weighted by atomic mass is 79.9. The van der Waals surface area contributed by atoms with Crippen LogP contribution in [0, 0.1) is 0 Å². The van der Waals surface area contributed by atoms with Crippen molar-refractivity contribution in [3.8, 4) is 22.8 Å². The lowest BCUT2D eigenvalue weighted by Gasteiger charge is -2.24. The smallest absolute Gasteiger partial charge is 0.304 e. The molecule has 0 aliphatic carbocycles. The molecule has 0 fully saturated rings. The Morgan fingerprint density at radius 2 is 1.97 bits per heavy atom. The largest absolute Gasteiger partial charge is 0.486 e. The van der Waals surface area contributed by atoms with E-state index >= 15 is 0 Å². The molecule has 0 amide bonds. The SMILES string of the molecule is O=C(O)CCN(Cc1cc(Br)c2c(c1)OCCO2)Cc1cn[nH]c1-c1ccc(Cl)cc1. The number of fused-ring (bicyclic) bond motifs is 1. The zero-order chi connectivity index (χ0) is 21.8. The number of aromatic amines is 1. The van der Waals surface area contributed by atoms with E-state index in [1.54, 1.807) is 6.20 Å². The van der Waals surface area contributed by atoms with E-state index in [9.17, 15) is 9.90 Å². The lowest BCUT2D eigenvalue weighted by atomic mass is 10.1. The van der Waals surface area contributed by atoms with Gasteiger partial charge in [0.05, 0.1) is 22.8 Å². The number of ether oxygens (including phenoxy) is 2. The van der Waals surface area contributed by atoms with Crippen LogP contribution in [-0.4, -0.2) is 45.9 Å². The van der Waals surface area contributed by atoms with Gasteiger partial charge in [-0.25, -0.2) is 0 Å². The van der Waals surface area contributed by atoms with E-state index in [0.717, 1.165) is 26.9 Å². The number of hydrogen-bond donors (Lipinski definition) is 2. The molecule has 3 aromatic rings. The van der Waals surface area contributed by atoms with Gasteiger partial charge in [-0.3, -0.25) is 14.8 Å². The number of carbonyl (C=O) groups is 1. The third-order valence-electron chi connectivity index (χ3n) is 4.95. The molecule has 0 saturated heterocycles. The molecule has 7 nitrogen and oxygen atoms in total. The van der Waals surface area contributed by atoms with Crippen molar-refractivity contribution in [1.29, 1.82) is 0 Å². The summed E-state index contributed by atoms with van der Waals surface area (Å²) in [5, 5.41) is 17.1. The molecule has 1 aliphatic heterocycles. The number of nitrogens with zero attached hydrogens (tertiary/aromatic N) is 2. The monoisotopic (exact) mass is 505 g/mol. The van der Waals surface area contributed by atoms with Crippen LogP contribution in [0.25, 0.3) is 11.3 Å². The first kappa shape index (κ1) is 21.7. The summed E-state index contributed by atoms with van der Waals surface area (Å²) in [5.41, 5.74) is 3.83. The molecule has 0 unspecified atom stereocenters. The topological polar surface area (TPSA) is 87.7 Å². The van der Waals surface area contributed by atoms with Crippen LogP contribution in [0.4, 0.5) is 0 Å². The molecule has 1 aliphatic rings. The van der Waals surface area contributed by atoms with E-state index in [2.05, 4.69) is 31.0 Å². The molecular weight excluding hydrogens is 486 g/mol. The highest BCUT2D eigenvalue weighted by Gasteiger charge is 2.19. The van der Waals surface area contributed by atoms with Gasteiger partial charge in [0.1, 0.15) is 13.2 Å². The molecule has 31 heavy (non-hydrogen) atoms. The van der Waals surface area contributed by atoms with Gasteiger partial charge in [-0.05, 0) is 51.3 Å². The molecule has 2 aromatic carbocycles. The Labute approximate surface area is 193 Å². The minimum Gasteiger partial charge on any atom is -0.486 e. The van der Waals surface area contributed by atoms with Crippen LogP contribution < -0.4 is 9.47 Å². The van der Waals surface area contributed by atoms with Crippen molar-refractivity contribution < 1.29 is 19.4 Å².